The molecule has 0 aromatic heterocycles. The van der Waals surface area contributed by atoms with E-state index in [2.05, 4.69) is 0 Å². The van der Waals surface area contributed by atoms with Crippen LogP contribution in [0.15, 0.2) is 29.8 Å². The van der Waals surface area contributed by atoms with Crippen molar-refractivity contribution in [1.29, 1.82) is 0 Å². The first kappa shape index (κ1) is 12.6. The molecule has 0 saturated carbocycles. The third-order valence-electron chi connectivity index (χ3n) is 3.24. The summed E-state index contributed by atoms with van der Waals surface area (Å²) in [6.07, 6.45) is 0.755. The van der Waals surface area contributed by atoms with Crippen LogP contribution < -0.4 is 4.74 Å². The molecule has 0 fully saturated rings. The molecule has 0 aliphatic carbocycles. The van der Waals surface area contributed by atoms with Gasteiger partial charge in [-0.1, -0.05) is 12.1 Å². The third-order valence-corrected chi connectivity index (χ3v) is 3.24. The number of carbonyl (C=O) groups is 1. The Balaban J connectivity index is 2.46. The van der Waals surface area contributed by atoms with Crippen molar-refractivity contribution in [1.82, 2.24) is 4.90 Å². The molecule has 0 spiro atoms. The fourth-order valence-electron chi connectivity index (χ4n) is 2.18. The number of carbonyl (C=O) groups excluding carboxylic acids is 1. The van der Waals surface area contributed by atoms with Crippen LogP contribution in [0.2, 0.25) is 0 Å². The lowest BCUT2D eigenvalue weighted by atomic mass is 9.93. The van der Waals surface area contributed by atoms with Gasteiger partial charge in [0.1, 0.15) is 5.75 Å². The number of ether oxygens (including phenoxy) is 1. The summed E-state index contributed by atoms with van der Waals surface area (Å²) in [5, 5.41) is 9.40. The molecule has 0 saturated heterocycles. The molecule has 18 heavy (non-hydrogen) atoms. The molecular formula is C14H17NO3. The Morgan fingerprint density at radius 1 is 1.44 bits per heavy atom. The van der Waals surface area contributed by atoms with Gasteiger partial charge >= 0.3 is 0 Å². The molecule has 96 valence electrons. The molecule has 1 aliphatic rings. The van der Waals surface area contributed by atoms with E-state index in [4.69, 9.17) is 4.74 Å². The first-order valence-electron chi connectivity index (χ1n) is 5.90. The Hall–Kier alpha value is -1.81. The van der Waals surface area contributed by atoms with Crippen molar-refractivity contribution in [2.24, 2.45) is 0 Å². The minimum Gasteiger partial charge on any atom is -0.497 e. The average Bonchev–Trinajstić information content (AvgIpc) is 2.41. The van der Waals surface area contributed by atoms with E-state index in [1.807, 2.05) is 24.3 Å². The molecule has 1 amide bonds. The molecule has 0 atom stereocenters. The SMILES string of the molecule is COc1cccc(C2=C(CO)C(=O)N(C)CC2)c1. The van der Waals surface area contributed by atoms with E-state index in [-0.39, 0.29) is 12.5 Å². The number of hydrogen-bond donors (Lipinski definition) is 1. The van der Waals surface area contributed by atoms with Crippen molar-refractivity contribution in [3.8, 4) is 5.75 Å². The fourth-order valence-corrected chi connectivity index (χ4v) is 2.18. The van der Waals surface area contributed by atoms with E-state index in [1.54, 1.807) is 19.1 Å². The Morgan fingerprint density at radius 3 is 2.89 bits per heavy atom. The second-order valence-corrected chi connectivity index (χ2v) is 4.32. The number of hydrogen-bond acceptors (Lipinski definition) is 3. The van der Waals surface area contributed by atoms with E-state index in [1.165, 1.54) is 0 Å². The smallest absolute Gasteiger partial charge is 0.252 e. The monoisotopic (exact) mass is 247 g/mol. The lowest BCUT2D eigenvalue weighted by molar-refractivity contribution is -0.126. The van der Waals surface area contributed by atoms with Crippen LogP contribution in [0.3, 0.4) is 0 Å². The lowest BCUT2D eigenvalue weighted by Crippen LogP contribution is -2.34. The zero-order valence-electron chi connectivity index (χ0n) is 10.6. The Morgan fingerprint density at radius 2 is 2.22 bits per heavy atom. The summed E-state index contributed by atoms with van der Waals surface area (Å²) < 4.78 is 5.18. The molecular weight excluding hydrogens is 230 g/mol. The first-order chi connectivity index (χ1) is 8.67. The van der Waals surface area contributed by atoms with E-state index in [0.29, 0.717) is 12.1 Å². The predicted molar refractivity (Wildman–Crippen MR) is 69.3 cm³/mol. The molecule has 1 heterocycles. The zero-order valence-corrected chi connectivity index (χ0v) is 10.6. The molecule has 1 aromatic rings. The number of likely N-dealkylation sites (N-methyl/N-ethyl adjacent to an activating group) is 1. The van der Waals surface area contributed by atoms with Crippen LogP contribution in [0.5, 0.6) is 5.75 Å². The number of aliphatic hydroxyl groups excluding tert-OH is 1. The highest BCUT2D eigenvalue weighted by Crippen LogP contribution is 2.29. The lowest BCUT2D eigenvalue weighted by Gasteiger charge is -2.27. The summed E-state index contributed by atoms with van der Waals surface area (Å²) in [6, 6.07) is 7.58. The van der Waals surface area contributed by atoms with Crippen LogP contribution in [0.25, 0.3) is 5.57 Å². The van der Waals surface area contributed by atoms with Crippen molar-refractivity contribution in [2.45, 2.75) is 6.42 Å². The Kier molecular flexibility index (Phi) is 3.67. The molecule has 1 aromatic carbocycles. The van der Waals surface area contributed by atoms with E-state index >= 15 is 0 Å². The number of rotatable bonds is 3. The predicted octanol–water partition coefficient (Wildman–Crippen LogP) is 1.30. The number of amides is 1. The van der Waals surface area contributed by atoms with Gasteiger partial charge < -0.3 is 14.7 Å². The largest absolute Gasteiger partial charge is 0.497 e. The first-order valence-corrected chi connectivity index (χ1v) is 5.90. The second-order valence-electron chi connectivity index (χ2n) is 4.32. The maximum Gasteiger partial charge on any atom is 0.252 e. The maximum absolute atomic E-state index is 12.0. The average molecular weight is 247 g/mol. The number of benzene rings is 1. The molecule has 2 rings (SSSR count). The maximum atomic E-state index is 12.0. The molecule has 0 bridgehead atoms. The molecule has 1 N–H and O–H groups in total. The number of aliphatic hydroxyl groups is 1. The number of methoxy groups -OCH3 is 1. The summed E-state index contributed by atoms with van der Waals surface area (Å²) in [4.78, 5) is 13.6. The van der Waals surface area contributed by atoms with Gasteiger partial charge in [0, 0.05) is 19.2 Å². The van der Waals surface area contributed by atoms with Crippen LogP contribution in [-0.2, 0) is 4.79 Å². The van der Waals surface area contributed by atoms with Gasteiger partial charge in [-0.3, -0.25) is 4.79 Å². The minimum absolute atomic E-state index is 0.0958. The van der Waals surface area contributed by atoms with Gasteiger partial charge in [0.05, 0.1) is 13.7 Å². The molecule has 0 unspecified atom stereocenters. The zero-order chi connectivity index (χ0) is 13.1. The van der Waals surface area contributed by atoms with Gasteiger partial charge in [0.2, 0.25) is 0 Å². The van der Waals surface area contributed by atoms with Crippen LogP contribution in [0.1, 0.15) is 12.0 Å². The van der Waals surface area contributed by atoms with E-state index < -0.39 is 0 Å². The van der Waals surface area contributed by atoms with Crippen molar-refractivity contribution < 1.29 is 14.6 Å². The van der Waals surface area contributed by atoms with Crippen LogP contribution in [-0.4, -0.2) is 43.2 Å². The van der Waals surface area contributed by atoms with E-state index in [0.717, 1.165) is 23.3 Å². The normalized spacial score (nSPS) is 16.2. The van der Waals surface area contributed by atoms with Gasteiger partial charge in [-0.2, -0.15) is 0 Å². The fraction of sp³-hybridized carbons (Fsp3) is 0.357. The molecule has 1 aliphatic heterocycles. The summed E-state index contributed by atoms with van der Waals surface area (Å²) in [7, 11) is 3.36. The van der Waals surface area contributed by atoms with Crippen molar-refractivity contribution in [3.63, 3.8) is 0 Å². The molecule has 0 radical (unpaired) electrons. The van der Waals surface area contributed by atoms with Crippen molar-refractivity contribution in [2.75, 3.05) is 27.3 Å². The van der Waals surface area contributed by atoms with Gasteiger partial charge in [-0.05, 0) is 29.7 Å². The highest BCUT2D eigenvalue weighted by Gasteiger charge is 2.24. The number of nitrogens with zero attached hydrogens (tertiary/aromatic N) is 1. The standard InChI is InChI=1S/C14H17NO3/c1-15-7-6-12(13(9-16)14(15)17)10-4-3-5-11(8-10)18-2/h3-5,8,16H,6-7,9H2,1-2H3. The van der Waals surface area contributed by atoms with E-state index in [9.17, 15) is 9.90 Å². The van der Waals surface area contributed by atoms with Crippen molar-refractivity contribution >= 4 is 11.5 Å². The van der Waals surface area contributed by atoms with Crippen LogP contribution in [0, 0.1) is 0 Å². The molecule has 4 heteroatoms. The topological polar surface area (TPSA) is 49.8 Å². The summed E-state index contributed by atoms with van der Waals surface area (Å²) in [5.74, 6) is 0.658. The van der Waals surface area contributed by atoms with Gasteiger partial charge in [-0.15, -0.1) is 0 Å². The second kappa shape index (κ2) is 5.23. The van der Waals surface area contributed by atoms with Gasteiger partial charge in [0.15, 0.2) is 0 Å². The van der Waals surface area contributed by atoms with Gasteiger partial charge in [0.25, 0.3) is 5.91 Å². The highest BCUT2D eigenvalue weighted by atomic mass is 16.5. The third kappa shape index (κ3) is 2.24. The highest BCUT2D eigenvalue weighted by molar-refractivity contribution is 6.02. The molecule has 4 nitrogen and oxygen atoms in total. The summed E-state index contributed by atoms with van der Waals surface area (Å²) in [6.45, 7) is 0.449. The van der Waals surface area contributed by atoms with Crippen LogP contribution in [0.4, 0.5) is 0 Å². The van der Waals surface area contributed by atoms with Crippen LogP contribution >= 0.6 is 0 Å². The summed E-state index contributed by atoms with van der Waals surface area (Å²) in [5.41, 5.74) is 2.34. The van der Waals surface area contributed by atoms with Crippen molar-refractivity contribution in [3.05, 3.63) is 35.4 Å². The quantitative estimate of drug-likeness (QED) is 0.876. The summed E-state index contributed by atoms with van der Waals surface area (Å²) >= 11 is 0. The Labute approximate surface area is 106 Å². The Bertz CT molecular complexity index is 494. The van der Waals surface area contributed by atoms with Gasteiger partial charge in [-0.25, -0.2) is 0 Å². The minimum atomic E-state index is -0.226.